The van der Waals surface area contributed by atoms with Gasteiger partial charge in [0.1, 0.15) is 5.75 Å². The first-order valence-corrected chi connectivity index (χ1v) is 9.43. The van der Waals surface area contributed by atoms with Gasteiger partial charge in [0.15, 0.2) is 4.21 Å². The minimum absolute atomic E-state index is 0.107. The number of amides is 1. The van der Waals surface area contributed by atoms with E-state index in [1.807, 2.05) is 30.3 Å². The SMILES string of the molecule is CC(=O)NCc1ccc(S(=O)(=O)Oc2ccc3ccccc3c2)s1. The quantitative estimate of drug-likeness (QED) is 0.708. The molecule has 124 valence electrons. The van der Waals surface area contributed by atoms with Crippen molar-refractivity contribution in [2.24, 2.45) is 0 Å². The second-order valence-corrected chi connectivity index (χ2v) is 8.12. The van der Waals surface area contributed by atoms with Gasteiger partial charge in [-0.2, -0.15) is 8.42 Å². The molecule has 0 aliphatic carbocycles. The van der Waals surface area contributed by atoms with E-state index in [1.54, 1.807) is 18.2 Å². The van der Waals surface area contributed by atoms with Crippen LogP contribution in [-0.2, 0) is 21.5 Å². The smallest absolute Gasteiger partial charge is 0.348 e. The molecule has 0 saturated heterocycles. The van der Waals surface area contributed by atoms with Crippen LogP contribution in [0.3, 0.4) is 0 Å². The van der Waals surface area contributed by atoms with Gasteiger partial charge in [0, 0.05) is 11.8 Å². The monoisotopic (exact) mass is 361 g/mol. The van der Waals surface area contributed by atoms with E-state index in [-0.39, 0.29) is 15.9 Å². The number of benzene rings is 2. The summed E-state index contributed by atoms with van der Waals surface area (Å²) in [6.45, 7) is 1.71. The molecule has 5 nitrogen and oxygen atoms in total. The molecule has 0 unspecified atom stereocenters. The number of thiophene rings is 1. The molecule has 0 fully saturated rings. The summed E-state index contributed by atoms with van der Waals surface area (Å²) in [4.78, 5) is 11.7. The summed E-state index contributed by atoms with van der Waals surface area (Å²) in [6.07, 6.45) is 0. The van der Waals surface area contributed by atoms with Crippen molar-refractivity contribution in [2.45, 2.75) is 17.7 Å². The molecule has 0 radical (unpaired) electrons. The van der Waals surface area contributed by atoms with E-state index >= 15 is 0 Å². The van der Waals surface area contributed by atoms with Crippen molar-refractivity contribution in [3.05, 3.63) is 59.5 Å². The maximum absolute atomic E-state index is 12.4. The molecular formula is C17H15NO4S2. The summed E-state index contributed by atoms with van der Waals surface area (Å²) in [5, 5.41) is 4.55. The van der Waals surface area contributed by atoms with Crippen LogP contribution in [0.1, 0.15) is 11.8 Å². The van der Waals surface area contributed by atoms with Gasteiger partial charge in [-0.15, -0.1) is 11.3 Å². The standard InChI is InChI=1S/C17H15NO4S2/c1-12(19)18-11-16-8-9-17(23-16)24(20,21)22-15-7-6-13-4-2-3-5-14(13)10-15/h2-10H,11H2,1H3,(H,18,19). The maximum atomic E-state index is 12.4. The Morgan fingerprint density at radius 2 is 1.83 bits per heavy atom. The molecule has 0 saturated carbocycles. The summed E-state index contributed by atoms with van der Waals surface area (Å²) in [5.41, 5.74) is 0. The molecule has 0 atom stereocenters. The van der Waals surface area contributed by atoms with Gasteiger partial charge in [0.2, 0.25) is 5.91 Å². The molecule has 1 heterocycles. The third kappa shape index (κ3) is 3.74. The van der Waals surface area contributed by atoms with Crippen LogP contribution < -0.4 is 9.50 Å². The van der Waals surface area contributed by atoms with Crippen LogP contribution >= 0.6 is 11.3 Å². The van der Waals surface area contributed by atoms with Gasteiger partial charge in [-0.05, 0) is 35.0 Å². The Labute approximate surface area is 144 Å². The largest absolute Gasteiger partial charge is 0.378 e. The molecule has 3 aromatic rings. The molecule has 0 aliphatic rings. The Morgan fingerprint density at radius 1 is 1.08 bits per heavy atom. The third-order valence-corrected chi connectivity index (χ3v) is 6.10. The van der Waals surface area contributed by atoms with Gasteiger partial charge in [0.25, 0.3) is 0 Å². The molecule has 1 N–H and O–H groups in total. The van der Waals surface area contributed by atoms with Crippen molar-refractivity contribution in [3.8, 4) is 5.75 Å². The number of rotatable bonds is 5. The van der Waals surface area contributed by atoms with E-state index in [0.717, 1.165) is 27.0 Å². The minimum atomic E-state index is -3.89. The van der Waals surface area contributed by atoms with Gasteiger partial charge >= 0.3 is 10.1 Å². The lowest BCUT2D eigenvalue weighted by Gasteiger charge is -2.06. The van der Waals surface area contributed by atoms with Crippen LogP contribution in [0.2, 0.25) is 0 Å². The lowest BCUT2D eigenvalue weighted by molar-refractivity contribution is -0.119. The first-order valence-electron chi connectivity index (χ1n) is 7.20. The Hall–Kier alpha value is -2.38. The van der Waals surface area contributed by atoms with E-state index in [4.69, 9.17) is 4.18 Å². The highest BCUT2D eigenvalue weighted by Gasteiger charge is 2.19. The summed E-state index contributed by atoms with van der Waals surface area (Å²) >= 11 is 1.08. The minimum Gasteiger partial charge on any atom is -0.378 e. The Balaban J connectivity index is 1.80. The highest BCUT2D eigenvalue weighted by molar-refractivity contribution is 7.89. The topological polar surface area (TPSA) is 72.5 Å². The van der Waals surface area contributed by atoms with Crippen molar-refractivity contribution in [1.29, 1.82) is 0 Å². The first-order chi connectivity index (χ1) is 11.4. The van der Waals surface area contributed by atoms with E-state index < -0.39 is 10.1 Å². The van der Waals surface area contributed by atoms with Gasteiger partial charge in [-0.3, -0.25) is 4.79 Å². The normalized spacial score (nSPS) is 11.4. The summed E-state index contributed by atoms with van der Waals surface area (Å²) < 4.78 is 30.1. The number of carbonyl (C=O) groups is 1. The van der Waals surface area contributed by atoms with Crippen molar-refractivity contribution < 1.29 is 17.4 Å². The van der Waals surface area contributed by atoms with Gasteiger partial charge in [-0.25, -0.2) is 0 Å². The van der Waals surface area contributed by atoms with E-state index in [2.05, 4.69) is 5.32 Å². The lowest BCUT2D eigenvalue weighted by Crippen LogP contribution is -2.18. The van der Waals surface area contributed by atoms with Crippen LogP contribution in [-0.4, -0.2) is 14.3 Å². The van der Waals surface area contributed by atoms with E-state index in [1.165, 1.54) is 13.0 Å². The highest BCUT2D eigenvalue weighted by Crippen LogP contribution is 2.27. The van der Waals surface area contributed by atoms with Crippen LogP contribution in [0.4, 0.5) is 0 Å². The molecule has 1 amide bonds. The average molecular weight is 361 g/mol. The molecule has 3 rings (SSSR count). The molecule has 2 aromatic carbocycles. The maximum Gasteiger partial charge on any atom is 0.348 e. The van der Waals surface area contributed by atoms with Crippen molar-refractivity contribution in [3.63, 3.8) is 0 Å². The summed E-state index contributed by atoms with van der Waals surface area (Å²) in [6, 6.07) is 15.9. The van der Waals surface area contributed by atoms with Gasteiger partial charge in [-0.1, -0.05) is 30.3 Å². The predicted octanol–water partition coefficient (Wildman–Crippen LogP) is 3.31. The highest BCUT2D eigenvalue weighted by atomic mass is 32.3. The number of hydrogen-bond donors (Lipinski definition) is 1. The lowest BCUT2D eigenvalue weighted by atomic mass is 10.1. The van der Waals surface area contributed by atoms with Crippen molar-refractivity contribution >= 4 is 38.1 Å². The molecule has 0 spiro atoms. The fourth-order valence-electron chi connectivity index (χ4n) is 2.19. The zero-order valence-electron chi connectivity index (χ0n) is 12.9. The molecule has 0 bridgehead atoms. The summed E-state index contributed by atoms with van der Waals surface area (Å²) in [7, 11) is -3.89. The number of fused-ring (bicyclic) bond motifs is 1. The van der Waals surface area contributed by atoms with Crippen molar-refractivity contribution in [1.82, 2.24) is 5.32 Å². The number of hydrogen-bond acceptors (Lipinski definition) is 5. The Morgan fingerprint density at radius 3 is 2.58 bits per heavy atom. The van der Waals surface area contributed by atoms with E-state index in [0.29, 0.717) is 6.54 Å². The average Bonchev–Trinajstić information content (AvgIpc) is 3.02. The second-order valence-electron chi connectivity index (χ2n) is 5.18. The number of carbonyl (C=O) groups excluding carboxylic acids is 1. The molecule has 7 heteroatoms. The van der Waals surface area contributed by atoms with Crippen molar-refractivity contribution in [2.75, 3.05) is 0 Å². The summed E-state index contributed by atoms with van der Waals surface area (Å²) in [5.74, 6) is 0.103. The van der Waals surface area contributed by atoms with Crippen LogP contribution in [0.15, 0.2) is 58.8 Å². The van der Waals surface area contributed by atoms with Gasteiger partial charge < -0.3 is 9.50 Å². The Bertz CT molecular complexity index is 993. The zero-order chi connectivity index (χ0) is 17.2. The van der Waals surface area contributed by atoms with Crippen LogP contribution in [0.25, 0.3) is 10.8 Å². The molecule has 1 aromatic heterocycles. The van der Waals surface area contributed by atoms with Crippen LogP contribution in [0.5, 0.6) is 5.75 Å². The second kappa shape index (κ2) is 6.62. The fraction of sp³-hybridized carbons (Fsp3) is 0.118. The molecule has 24 heavy (non-hydrogen) atoms. The van der Waals surface area contributed by atoms with E-state index in [9.17, 15) is 13.2 Å². The third-order valence-electron chi connectivity index (χ3n) is 3.32. The molecule has 0 aliphatic heterocycles. The fourth-order valence-corrected chi connectivity index (χ4v) is 4.37. The first kappa shape index (κ1) is 16.5. The van der Waals surface area contributed by atoms with Crippen LogP contribution in [0, 0.1) is 0 Å². The molecular weight excluding hydrogens is 346 g/mol. The predicted molar refractivity (Wildman–Crippen MR) is 93.6 cm³/mol. The Kier molecular flexibility index (Phi) is 4.55. The number of nitrogens with one attached hydrogen (secondary N) is 1. The zero-order valence-corrected chi connectivity index (χ0v) is 14.5. The van der Waals surface area contributed by atoms with Gasteiger partial charge in [0.05, 0.1) is 6.54 Å².